The zero-order valence-corrected chi connectivity index (χ0v) is 8.55. The summed E-state index contributed by atoms with van der Waals surface area (Å²) in [4.78, 5) is 1.59. The van der Waals surface area contributed by atoms with Crippen molar-refractivity contribution in [2.24, 2.45) is 0 Å². The van der Waals surface area contributed by atoms with Crippen molar-refractivity contribution >= 4 is 5.69 Å². The average molecular weight is 174 g/mol. The van der Waals surface area contributed by atoms with Crippen LogP contribution in [-0.4, -0.2) is 7.05 Å². The number of rotatable bonds is 1. The van der Waals surface area contributed by atoms with Gasteiger partial charge in [-0.05, 0) is 43.5 Å². The molecule has 0 aliphatic heterocycles. The second kappa shape index (κ2) is 3.49. The molecule has 0 amide bonds. The zero-order chi connectivity index (χ0) is 10.0. The molecule has 0 atom stereocenters. The number of hydrogen-bond acceptors (Lipinski definition) is 2. The van der Waals surface area contributed by atoms with Crippen LogP contribution >= 0.6 is 0 Å². The van der Waals surface area contributed by atoms with E-state index < -0.39 is 0 Å². The third-order valence-electron chi connectivity index (χ3n) is 2.54. The predicted octanol–water partition coefficient (Wildman–Crippen LogP) is 2.53. The lowest BCUT2D eigenvalue weighted by Gasteiger charge is -2.15. The van der Waals surface area contributed by atoms with Crippen LogP contribution in [0.4, 0.5) is 5.69 Å². The van der Waals surface area contributed by atoms with E-state index in [0.29, 0.717) is 0 Å². The van der Waals surface area contributed by atoms with Gasteiger partial charge < -0.3 is 0 Å². The smallest absolute Gasteiger partial charge is 0.184 e. The summed E-state index contributed by atoms with van der Waals surface area (Å²) in [5, 5.41) is 8.75. The second-order valence-corrected chi connectivity index (χ2v) is 3.31. The Bertz CT molecular complexity index is 361. The first-order valence-electron chi connectivity index (χ1n) is 4.28. The molecule has 68 valence electrons. The van der Waals surface area contributed by atoms with Crippen molar-refractivity contribution in [3.8, 4) is 6.19 Å². The minimum Gasteiger partial charge on any atom is -0.282 e. The molecule has 0 spiro atoms. The summed E-state index contributed by atoms with van der Waals surface area (Å²) < 4.78 is 0. The van der Waals surface area contributed by atoms with Crippen molar-refractivity contribution in [1.29, 1.82) is 5.26 Å². The van der Waals surface area contributed by atoms with Crippen LogP contribution in [-0.2, 0) is 0 Å². The van der Waals surface area contributed by atoms with Crippen LogP contribution in [0.15, 0.2) is 12.1 Å². The summed E-state index contributed by atoms with van der Waals surface area (Å²) in [6.07, 6.45) is 2.10. The molecule has 0 unspecified atom stereocenters. The van der Waals surface area contributed by atoms with E-state index in [9.17, 15) is 0 Å². The fourth-order valence-corrected chi connectivity index (χ4v) is 1.36. The minimum atomic E-state index is 0.991. The largest absolute Gasteiger partial charge is 0.282 e. The average Bonchev–Trinajstić information content (AvgIpc) is 2.13. The predicted molar refractivity (Wildman–Crippen MR) is 54.7 cm³/mol. The Kier molecular flexibility index (Phi) is 2.57. The highest BCUT2D eigenvalue weighted by Crippen LogP contribution is 2.23. The fourth-order valence-electron chi connectivity index (χ4n) is 1.36. The number of nitriles is 1. The van der Waals surface area contributed by atoms with E-state index in [0.717, 1.165) is 5.69 Å². The summed E-state index contributed by atoms with van der Waals surface area (Å²) in [5.41, 5.74) is 4.71. The molecule has 1 aromatic carbocycles. The molecule has 0 aliphatic carbocycles. The third kappa shape index (κ3) is 1.65. The van der Waals surface area contributed by atoms with Gasteiger partial charge in [-0.1, -0.05) is 6.07 Å². The van der Waals surface area contributed by atoms with E-state index in [1.165, 1.54) is 16.7 Å². The first kappa shape index (κ1) is 9.60. The molecular formula is C11H14N2. The first-order chi connectivity index (χ1) is 6.07. The molecule has 1 rings (SSSR count). The second-order valence-electron chi connectivity index (χ2n) is 3.31. The van der Waals surface area contributed by atoms with Gasteiger partial charge in [0.05, 0.1) is 5.69 Å². The molecule has 2 heteroatoms. The third-order valence-corrected chi connectivity index (χ3v) is 2.54. The van der Waals surface area contributed by atoms with Gasteiger partial charge in [0.25, 0.3) is 0 Å². The Morgan fingerprint density at radius 2 is 1.77 bits per heavy atom. The SMILES string of the molecule is Cc1ccc(N(C)C#N)c(C)c1C. The summed E-state index contributed by atoms with van der Waals surface area (Å²) in [6, 6.07) is 4.03. The topological polar surface area (TPSA) is 27.0 Å². The van der Waals surface area contributed by atoms with Gasteiger partial charge in [-0.2, -0.15) is 5.26 Å². The van der Waals surface area contributed by atoms with E-state index in [1.54, 1.807) is 11.9 Å². The highest BCUT2D eigenvalue weighted by Gasteiger charge is 2.06. The molecule has 0 saturated carbocycles. The molecule has 0 radical (unpaired) electrons. The van der Waals surface area contributed by atoms with Gasteiger partial charge in [-0.15, -0.1) is 0 Å². The van der Waals surface area contributed by atoms with Crippen LogP contribution < -0.4 is 4.90 Å². The van der Waals surface area contributed by atoms with Crippen LogP contribution in [0.3, 0.4) is 0 Å². The summed E-state index contributed by atoms with van der Waals surface area (Å²) in [7, 11) is 1.77. The van der Waals surface area contributed by atoms with Crippen molar-refractivity contribution in [1.82, 2.24) is 0 Å². The maximum atomic E-state index is 8.75. The van der Waals surface area contributed by atoms with Gasteiger partial charge in [0.2, 0.25) is 0 Å². The molecular weight excluding hydrogens is 160 g/mol. The van der Waals surface area contributed by atoms with Gasteiger partial charge in [0.1, 0.15) is 0 Å². The summed E-state index contributed by atoms with van der Waals surface area (Å²) >= 11 is 0. The van der Waals surface area contributed by atoms with Crippen LogP contribution in [0.2, 0.25) is 0 Å². The summed E-state index contributed by atoms with van der Waals surface area (Å²) in [5.74, 6) is 0. The van der Waals surface area contributed by atoms with Gasteiger partial charge in [0, 0.05) is 7.05 Å². The Hall–Kier alpha value is -1.49. The van der Waals surface area contributed by atoms with Crippen LogP contribution in [0.25, 0.3) is 0 Å². The molecule has 0 aromatic heterocycles. The van der Waals surface area contributed by atoms with Gasteiger partial charge in [-0.25, -0.2) is 0 Å². The molecule has 0 heterocycles. The minimum absolute atomic E-state index is 0.991. The molecule has 0 saturated heterocycles. The van der Waals surface area contributed by atoms with Gasteiger partial charge >= 0.3 is 0 Å². The zero-order valence-electron chi connectivity index (χ0n) is 8.55. The number of aryl methyl sites for hydroxylation is 1. The van der Waals surface area contributed by atoms with E-state index in [2.05, 4.69) is 20.0 Å². The summed E-state index contributed by atoms with van der Waals surface area (Å²) in [6.45, 7) is 6.21. The van der Waals surface area contributed by atoms with Crippen LogP contribution in [0, 0.1) is 32.2 Å². The molecule has 0 bridgehead atoms. The molecule has 0 N–H and O–H groups in total. The highest BCUT2D eigenvalue weighted by atomic mass is 15.1. The maximum absolute atomic E-state index is 8.75. The molecule has 0 fully saturated rings. The van der Waals surface area contributed by atoms with Crippen molar-refractivity contribution in [3.05, 3.63) is 28.8 Å². The lowest BCUT2D eigenvalue weighted by molar-refractivity contribution is 1.15. The number of nitrogens with zero attached hydrogens (tertiary/aromatic N) is 2. The lowest BCUT2D eigenvalue weighted by Crippen LogP contribution is -2.10. The monoisotopic (exact) mass is 174 g/mol. The molecule has 13 heavy (non-hydrogen) atoms. The Labute approximate surface area is 79.4 Å². The molecule has 2 nitrogen and oxygen atoms in total. The quantitative estimate of drug-likeness (QED) is 0.483. The maximum Gasteiger partial charge on any atom is 0.184 e. The van der Waals surface area contributed by atoms with Crippen molar-refractivity contribution in [2.75, 3.05) is 11.9 Å². The van der Waals surface area contributed by atoms with E-state index >= 15 is 0 Å². The fraction of sp³-hybridized carbons (Fsp3) is 0.364. The molecule has 0 aliphatic rings. The number of hydrogen-bond donors (Lipinski definition) is 0. The van der Waals surface area contributed by atoms with Crippen molar-refractivity contribution in [2.45, 2.75) is 20.8 Å². The van der Waals surface area contributed by atoms with E-state index in [1.807, 2.05) is 19.1 Å². The van der Waals surface area contributed by atoms with Gasteiger partial charge in [-0.3, -0.25) is 4.90 Å². The number of anilines is 1. The number of benzene rings is 1. The Morgan fingerprint density at radius 3 is 2.31 bits per heavy atom. The van der Waals surface area contributed by atoms with E-state index in [4.69, 9.17) is 5.26 Å². The molecule has 1 aromatic rings. The van der Waals surface area contributed by atoms with Crippen LogP contribution in [0.1, 0.15) is 16.7 Å². The lowest BCUT2D eigenvalue weighted by atomic mass is 10.0. The highest BCUT2D eigenvalue weighted by molar-refractivity contribution is 5.59. The van der Waals surface area contributed by atoms with Gasteiger partial charge in [0.15, 0.2) is 6.19 Å². The first-order valence-corrected chi connectivity index (χ1v) is 4.28. The van der Waals surface area contributed by atoms with Crippen molar-refractivity contribution in [3.63, 3.8) is 0 Å². The van der Waals surface area contributed by atoms with Crippen molar-refractivity contribution < 1.29 is 0 Å². The Balaban J connectivity index is 3.28. The Morgan fingerprint density at radius 1 is 1.15 bits per heavy atom. The standard InChI is InChI=1S/C11H14N2/c1-8-5-6-11(13(4)7-12)10(3)9(8)2/h5-6H,1-4H3. The normalized spacial score (nSPS) is 9.46. The van der Waals surface area contributed by atoms with Crippen LogP contribution in [0.5, 0.6) is 0 Å². The van der Waals surface area contributed by atoms with E-state index in [-0.39, 0.29) is 0 Å².